The van der Waals surface area contributed by atoms with Crippen LogP contribution in [0.25, 0.3) is 0 Å². The van der Waals surface area contributed by atoms with Crippen molar-refractivity contribution in [2.24, 2.45) is 40.4 Å². The molecule has 5 unspecified atom stereocenters. The fraction of sp³-hybridized carbons (Fsp3) is 0.923. The molecule has 4 aliphatic carbocycles. The molecule has 0 bridgehead atoms. The number of aliphatic hydroxyl groups is 1. The Morgan fingerprint density at radius 2 is 1.85 bits per heavy atom. The summed E-state index contributed by atoms with van der Waals surface area (Å²) < 4.78 is 0. The average molecular weight is 373 g/mol. The van der Waals surface area contributed by atoms with Crippen LogP contribution in [0.3, 0.4) is 0 Å². The van der Waals surface area contributed by atoms with Crippen LogP contribution in [-0.4, -0.2) is 11.2 Å². The maximum Gasteiger partial charge on any atom is 0.0577 e. The Morgan fingerprint density at radius 3 is 2.63 bits per heavy atom. The summed E-state index contributed by atoms with van der Waals surface area (Å²) in [5.74, 6) is 4.64. The van der Waals surface area contributed by atoms with Gasteiger partial charge in [0.1, 0.15) is 0 Å². The van der Waals surface area contributed by atoms with Gasteiger partial charge in [0.2, 0.25) is 0 Å². The van der Waals surface area contributed by atoms with E-state index in [0.29, 0.717) is 10.8 Å². The van der Waals surface area contributed by atoms with Crippen LogP contribution >= 0.6 is 0 Å². The monoisotopic (exact) mass is 372 g/mol. The summed E-state index contributed by atoms with van der Waals surface area (Å²) in [6.07, 6.45) is 18.7. The van der Waals surface area contributed by atoms with Gasteiger partial charge >= 0.3 is 0 Å². The molecule has 1 heteroatoms. The Morgan fingerprint density at radius 1 is 1.04 bits per heavy atom. The van der Waals surface area contributed by atoms with Gasteiger partial charge in [-0.2, -0.15) is 0 Å². The molecule has 1 N–H and O–H groups in total. The molecule has 0 radical (unpaired) electrons. The SMILES string of the molecule is CC(C)CCCC[C@H]1CCC2C3CC=C4CC(O)CCC4(C)C3CC[C@@]21C. The van der Waals surface area contributed by atoms with E-state index in [9.17, 15) is 5.11 Å². The lowest BCUT2D eigenvalue weighted by molar-refractivity contribution is -0.0508. The van der Waals surface area contributed by atoms with Crippen molar-refractivity contribution in [1.82, 2.24) is 0 Å². The molecule has 0 aromatic carbocycles. The highest BCUT2D eigenvalue weighted by Gasteiger charge is 2.58. The zero-order valence-corrected chi connectivity index (χ0v) is 18.5. The Balaban J connectivity index is 1.46. The van der Waals surface area contributed by atoms with Crippen molar-refractivity contribution in [3.63, 3.8) is 0 Å². The lowest BCUT2D eigenvalue weighted by Gasteiger charge is -2.58. The summed E-state index contributed by atoms with van der Waals surface area (Å²) in [5.41, 5.74) is 2.64. The summed E-state index contributed by atoms with van der Waals surface area (Å²) in [7, 11) is 0. The molecule has 27 heavy (non-hydrogen) atoms. The lowest BCUT2D eigenvalue weighted by atomic mass is 9.47. The number of rotatable bonds is 5. The van der Waals surface area contributed by atoms with E-state index < -0.39 is 0 Å². The average Bonchev–Trinajstić information content (AvgIpc) is 2.96. The molecule has 4 aliphatic rings. The van der Waals surface area contributed by atoms with Crippen LogP contribution in [0.2, 0.25) is 0 Å². The van der Waals surface area contributed by atoms with Crippen LogP contribution in [0.15, 0.2) is 11.6 Å². The van der Waals surface area contributed by atoms with Crippen LogP contribution in [0.1, 0.15) is 105 Å². The lowest BCUT2D eigenvalue weighted by Crippen LogP contribution is -2.50. The smallest absolute Gasteiger partial charge is 0.0577 e. The van der Waals surface area contributed by atoms with Gasteiger partial charge in [-0.3, -0.25) is 0 Å². The van der Waals surface area contributed by atoms with Gasteiger partial charge in [0.25, 0.3) is 0 Å². The number of fused-ring (bicyclic) bond motifs is 5. The van der Waals surface area contributed by atoms with E-state index in [4.69, 9.17) is 0 Å². The third-order valence-electron chi connectivity index (χ3n) is 9.86. The van der Waals surface area contributed by atoms with Gasteiger partial charge in [-0.1, -0.05) is 58.6 Å². The van der Waals surface area contributed by atoms with E-state index in [1.807, 2.05) is 0 Å². The zero-order valence-electron chi connectivity index (χ0n) is 18.5. The summed E-state index contributed by atoms with van der Waals surface area (Å²) >= 11 is 0. The quantitative estimate of drug-likeness (QED) is 0.401. The molecule has 0 heterocycles. The van der Waals surface area contributed by atoms with E-state index in [0.717, 1.165) is 42.4 Å². The number of hydrogen-bond donors (Lipinski definition) is 1. The maximum absolute atomic E-state index is 10.2. The van der Waals surface area contributed by atoms with E-state index in [-0.39, 0.29) is 6.10 Å². The van der Waals surface area contributed by atoms with Crippen LogP contribution < -0.4 is 0 Å². The summed E-state index contributed by atoms with van der Waals surface area (Å²) in [6.45, 7) is 9.97. The highest BCUT2D eigenvalue weighted by atomic mass is 16.3. The van der Waals surface area contributed by atoms with Crippen molar-refractivity contribution < 1.29 is 5.11 Å². The Kier molecular flexibility index (Phi) is 5.56. The minimum atomic E-state index is -0.0727. The van der Waals surface area contributed by atoms with Crippen molar-refractivity contribution in [2.45, 2.75) is 111 Å². The van der Waals surface area contributed by atoms with Crippen LogP contribution in [-0.2, 0) is 0 Å². The predicted octanol–water partition coefficient (Wildman–Crippen LogP) is 7.14. The highest BCUT2D eigenvalue weighted by molar-refractivity contribution is 5.25. The van der Waals surface area contributed by atoms with E-state index >= 15 is 0 Å². The first-order valence-electron chi connectivity index (χ1n) is 12.2. The Labute approximate surface area is 168 Å². The normalized spacial score (nSPS) is 46.6. The van der Waals surface area contributed by atoms with E-state index in [2.05, 4.69) is 33.8 Å². The van der Waals surface area contributed by atoms with Gasteiger partial charge in [-0.05, 0) is 98.2 Å². The van der Waals surface area contributed by atoms with E-state index in [1.165, 1.54) is 64.2 Å². The van der Waals surface area contributed by atoms with Gasteiger partial charge in [0, 0.05) is 0 Å². The second-order valence-electron chi connectivity index (χ2n) is 11.7. The van der Waals surface area contributed by atoms with Gasteiger partial charge in [-0.25, -0.2) is 0 Å². The topological polar surface area (TPSA) is 20.2 Å². The maximum atomic E-state index is 10.2. The van der Waals surface area contributed by atoms with Gasteiger partial charge in [0.15, 0.2) is 0 Å². The molecule has 3 saturated carbocycles. The first-order chi connectivity index (χ1) is 12.8. The predicted molar refractivity (Wildman–Crippen MR) is 115 cm³/mol. The summed E-state index contributed by atoms with van der Waals surface area (Å²) in [6, 6.07) is 0. The van der Waals surface area contributed by atoms with Gasteiger partial charge in [-0.15, -0.1) is 0 Å². The highest BCUT2D eigenvalue weighted by Crippen LogP contribution is 2.66. The number of hydrogen-bond acceptors (Lipinski definition) is 1. The van der Waals surface area contributed by atoms with Gasteiger partial charge < -0.3 is 5.11 Å². The molecule has 4 rings (SSSR count). The minimum absolute atomic E-state index is 0.0727. The molecule has 0 aromatic rings. The van der Waals surface area contributed by atoms with Crippen molar-refractivity contribution in [1.29, 1.82) is 0 Å². The molecule has 0 aromatic heterocycles. The molecule has 0 aliphatic heterocycles. The van der Waals surface area contributed by atoms with Crippen LogP contribution in [0.5, 0.6) is 0 Å². The molecule has 0 saturated heterocycles. The summed E-state index contributed by atoms with van der Waals surface area (Å²) in [5, 5.41) is 10.2. The second kappa shape index (κ2) is 7.51. The third kappa shape index (κ3) is 3.45. The standard InChI is InChI=1S/C26H44O/c1-18(2)7-5-6-8-19-10-12-23-22-11-9-20-17-21(27)13-15-26(20,4)24(22)14-16-25(19,23)3/h9,18-19,21-24,27H,5-8,10-17H2,1-4H3/t19-,21?,22?,23?,24?,25+,26?/m0/s1. The fourth-order valence-electron chi connectivity index (χ4n) is 8.17. The first-order valence-corrected chi connectivity index (χ1v) is 12.2. The molecule has 1 nitrogen and oxygen atoms in total. The summed E-state index contributed by atoms with van der Waals surface area (Å²) in [4.78, 5) is 0. The number of aliphatic hydroxyl groups excluding tert-OH is 1. The van der Waals surface area contributed by atoms with E-state index in [1.54, 1.807) is 5.57 Å². The minimum Gasteiger partial charge on any atom is -0.393 e. The number of allylic oxidation sites excluding steroid dienone is 1. The van der Waals surface area contributed by atoms with Gasteiger partial charge in [0.05, 0.1) is 6.10 Å². The zero-order chi connectivity index (χ0) is 19.2. The molecular formula is C26H44O. The number of unbranched alkanes of at least 4 members (excludes halogenated alkanes) is 1. The van der Waals surface area contributed by atoms with Crippen molar-refractivity contribution in [3.05, 3.63) is 11.6 Å². The second-order valence-corrected chi connectivity index (χ2v) is 11.7. The molecule has 3 fully saturated rings. The fourth-order valence-corrected chi connectivity index (χ4v) is 8.17. The molecular weight excluding hydrogens is 328 g/mol. The van der Waals surface area contributed by atoms with Crippen molar-refractivity contribution >= 4 is 0 Å². The molecule has 154 valence electrons. The largest absolute Gasteiger partial charge is 0.393 e. The Bertz CT molecular complexity index is 563. The molecule has 0 spiro atoms. The third-order valence-corrected chi connectivity index (χ3v) is 9.86. The Hall–Kier alpha value is -0.300. The van der Waals surface area contributed by atoms with Crippen LogP contribution in [0.4, 0.5) is 0 Å². The molecule has 7 atom stereocenters. The van der Waals surface area contributed by atoms with Crippen molar-refractivity contribution in [2.75, 3.05) is 0 Å². The first kappa shape index (κ1) is 20.0. The van der Waals surface area contributed by atoms with Crippen molar-refractivity contribution in [3.8, 4) is 0 Å². The molecule has 0 amide bonds. The van der Waals surface area contributed by atoms with Crippen LogP contribution in [0, 0.1) is 40.4 Å².